The van der Waals surface area contributed by atoms with Crippen molar-refractivity contribution in [2.24, 2.45) is 0 Å². The number of nitrogens with zero attached hydrogens (tertiary/aromatic N) is 1. The minimum absolute atomic E-state index is 0.550. The lowest BCUT2D eigenvalue weighted by Crippen LogP contribution is -2.28. The SMILES string of the molecule is c1ccc(-c2ccc(-c3ccc4ccccc4c3)cc2N(c2cccc(-c3ccc4sc5ccccc5c4c3)c2)c2cccc3c2-c2ccccc2C3(c2ccccc2)c2ccccc2)cc1. The van der Waals surface area contributed by atoms with Crippen LogP contribution < -0.4 is 4.90 Å². The molecular formula is C65H43NS. The lowest BCUT2D eigenvalue weighted by Gasteiger charge is -2.35. The minimum atomic E-state index is -0.550. The van der Waals surface area contributed by atoms with Gasteiger partial charge in [-0.3, -0.25) is 0 Å². The molecular weight excluding hydrogens is 827 g/mol. The van der Waals surface area contributed by atoms with Crippen molar-refractivity contribution in [1.29, 1.82) is 0 Å². The molecule has 0 amide bonds. The first-order valence-electron chi connectivity index (χ1n) is 23.1. The molecule has 0 spiro atoms. The minimum Gasteiger partial charge on any atom is -0.309 e. The van der Waals surface area contributed by atoms with Crippen molar-refractivity contribution < 1.29 is 0 Å². The van der Waals surface area contributed by atoms with Crippen molar-refractivity contribution >= 4 is 59.3 Å². The fraction of sp³-hybridized carbons (Fsp3) is 0.0154. The van der Waals surface area contributed by atoms with E-state index in [1.54, 1.807) is 0 Å². The molecule has 0 radical (unpaired) electrons. The summed E-state index contributed by atoms with van der Waals surface area (Å²) in [5.74, 6) is 0. The Labute approximate surface area is 395 Å². The Kier molecular flexibility index (Phi) is 9.33. The van der Waals surface area contributed by atoms with Gasteiger partial charge in [-0.2, -0.15) is 0 Å². The van der Waals surface area contributed by atoms with Crippen LogP contribution in [-0.2, 0) is 5.41 Å². The normalized spacial score (nSPS) is 12.6. The molecule has 0 atom stereocenters. The molecule has 1 aromatic heterocycles. The molecule has 1 nitrogen and oxygen atoms in total. The van der Waals surface area contributed by atoms with E-state index in [2.05, 4.69) is 266 Å². The van der Waals surface area contributed by atoms with Gasteiger partial charge in [0.25, 0.3) is 0 Å². The monoisotopic (exact) mass is 869 g/mol. The molecule has 0 fully saturated rings. The maximum absolute atomic E-state index is 2.55. The lowest BCUT2D eigenvalue weighted by atomic mass is 9.68. The highest BCUT2D eigenvalue weighted by atomic mass is 32.1. The summed E-state index contributed by atoms with van der Waals surface area (Å²) in [6.45, 7) is 0. The average molecular weight is 870 g/mol. The number of rotatable bonds is 8. The molecule has 13 rings (SSSR count). The number of anilines is 3. The van der Waals surface area contributed by atoms with Gasteiger partial charge in [0.1, 0.15) is 0 Å². The summed E-state index contributed by atoms with van der Waals surface area (Å²) in [6.07, 6.45) is 0. The number of benzene rings is 11. The van der Waals surface area contributed by atoms with Crippen LogP contribution in [0.4, 0.5) is 17.1 Å². The summed E-state index contributed by atoms with van der Waals surface area (Å²) in [7, 11) is 0. The smallest absolute Gasteiger partial charge is 0.0714 e. The second-order valence-corrected chi connectivity index (χ2v) is 18.7. The standard InChI is InChI=1S/C65H43NS/c1-4-19-45(20-5-1)54-38-36-50(48-35-34-44-18-10-11-21-46(44)40-48)43-61(54)66(53-27-16-22-47(41-53)49-37-39-63-57(42-49)55-28-13-15-33-62(55)67-63)60-32-17-31-59-64(60)56-29-12-14-30-58(56)65(59,51-23-6-2-7-24-51)52-25-8-3-9-26-52/h1-43H. The van der Waals surface area contributed by atoms with Gasteiger partial charge in [0.2, 0.25) is 0 Å². The molecule has 1 aliphatic rings. The van der Waals surface area contributed by atoms with Crippen LogP contribution >= 0.6 is 11.3 Å². The zero-order valence-electron chi connectivity index (χ0n) is 36.7. The molecule has 1 aliphatic carbocycles. The van der Waals surface area contributed by atoms with Crippen molar-refractivity contribution in [3.8, 4) is 44.5 Å². The van der Waals surface area contributed by atoms with Crippen molar-refractivity contribution in [2.45, 2.75) is 5.41 Å². The number of hydrogen-bond acceptors (Lipinski definition) is 2. The Morgan fingerprint density at radius 3 is 1.72 bits per heavy atom. The van der Waals surface area contributed by atoms with Gasteiger partial charge in [0.15, 0.2) is 0 Å². The molecule has 0 aliphatic heterocycles. The van der Waals surface area contributed by atoms with Gasteiger partial charge >= 0.3 is 0 Å². The van der Waals surface area contributed by atoms with E-state index in [9.17, 15) is 0 Å². The maximum atomic E-state index is 2.55. The second-order valence-electron chi connectivity index (χ2n) is 17.6. The molecule has 0 saturated carbocycles. The molecule has 314 valence electrons. The Hall–Kier alpha value is -8.30. The summed E-state index contributed by atoms with van der Waals surface area (Å²) in [4.78, 5) is 2.55. The first-order chi connectivity index (χ1) is 33.2. The Balaban J connectivity index is 1.11. The van der Waals surface area contributed by atoms with Crippen LogP contribution in [0.3, 0.4) is 0 Å². The highest BCUT2D eigenvalue weighted by Crippen LogP contribution is 2.60. The van der Waals surface area contributed by atoms with Gasteiger partial charge < -0.3 is 4.90 Å². The fourth-order valence-corrected chi connectivity index (χ4v) is 12.0. The topological polar surface area (TPSA) is 3.24 Å². The third-order valence-corrected chi connectivity index (χ3v) is 15.1. The maximum Gasteiger partial charge on any atom is 0.0714 e. The van der Waals surface area contributed by atoms with Crippen LogP contribution in [-0.4, -0.2) is 0 Å². The van der Waals surface area contributed by atoms with Gasteiger partial charge in [-0.15, -0.1) is 11.3 Å². The molecule has 0 bridgehead atoms. The van der Waals surface area contributed by atoms with Crippen LogP contribution in [0, 0.1) is 0 Å². The van der Waals surface area contributed by atoms with E-state index in [1.165, 1.54) is 81.0 Å². The van der Waals surface area contributed by atoms with Gasteiger partial charge in [-0.25, -0.2) is 0 Å². The molecule has 0 saturated heterocycles. The Bertz CT molecular complexity index is 3770. The van der Waals surface area contributed by atoms with Gasteiger partial charge in [-0.05, 0) is 115 Å². The summed E-state index contributed by atoms with van der Waals surface area (Å²) < 4.78 is 2.62. The lowest BCUT2D eigenvalue weighted by molar-refractivity contribution is 0.768. The summed E-state index contributed by atoms with van der Waals surface area (Å²) in [5.41, 5.74) is 17.3. The third-order valence-electron chi connectivity index (χ3n) is 13.9. The van der Waals surface area contributed by atoms with Crippen LogP contribution in [0.15, 0.2) is 261 Å². The predicted molar refractivity (Wildman–Crippen MR) is 285 cm³/mol. The molecule has 1 heterocycles. The molecule has 12 aromatic rings. The van der Waals surface area contributed by atoms with Crippen LogP contribution in [0.25, 0.3) is 75.5 Å². The van der Waals surface area contributed by atoms with Crippen LogP contribution in [0.5, 0.6) is 0 Å². The van der Waals surface area contributed by atoms with Crippen LogP contribution in [0.1, 0.15) is 22.3 Å². The quantitative estimate of drug-likeness (QED) is 0.147. The summed E-state index contributed by atoms with van der Waals surface area (Å²) >= 11 is 1.86. The highest BCUT2D eigenvalue weighted by molar-refractivity contribution is 7.25. The molecule has 0 unspecified atom stereocenters. The van der Waals surface area contributed by atoms with E-state index in [1.807, 2.05) is 11.3 Å². The number of hydrogen-bond donors (Lipinski definition) is 0. The van der Waals surface area contributed by atoms with E-state index >= 15 is 0 Å². The fourth-order valence-electron chi connectivity index (χ4n) is 10.9. The number of fused-ring (bicyclic) bond motifs is 7. The predicted octanol–water partition coefficient (Wildman–Crippen LogP) is 18.0. The third kappa shape index (κ3) is 6.37. The van der Waals surface area contributed by atoms with Gasteiger partial charge in [-0.1, -0.05) is 212 Å². The zero-order chi connectivity index (χ0) is 44.3. The van der Waals surface area contributed by atoms with E-state index < -0.39 is 5.41 Å². The Morgan fingerprint density at radius 1 is 0.313 bits per heavy atom. The number of thiophene rings is 1. The molecule has 2 heteroatoms. The second kappa shape index (κ2) is 16.0. The highest BCUT2D eigenvalue weighted by Gasteiger charge is 2.47. The summed E-state index contributed by atoms with van der Waals surface area (Å²) in [6, 6.07) is 96.7. The van der Waals surface area contributed by atoms with Gasteiger partial charge in [0.05, 0.1) is 16.8 Å². The zero-order valence-corrected chi connectivity index (χ0v) is 37.5. The Morgan fingerprint density at radius 2 is 0.896 bits per heavy atom. The van der Waals surface area contributed by atoms with Gasteiger partial charge in [0, 0.05) is 37.0 Å². The van der Waals surface area contributed by atoms with Crippen molar-refractivity contribution in [3.05, 3.63) is 283 Å². The van der Waals surface area contributed by atoms with E-state index in [4.69, 9.17) is 0 Å². The molecule has 67 heavy (non-hydrogen) atoms. The molecule has 0 N–H and O–H groups in total. The van der Waals surface area contributed by atoms with Crippen molar-refractivity contribution in [2.75, 3.05) is 4.90 Å². The van der Waals surface area contributed by atoms with E-state index in [-0.39, 0.29) is 0 Å². The summed E-state index contributed by atoms with van der Waals surface area (Å²) in [5, 5.41) is 5.06. The van der Waals surface area contributed by atoms with E-state index in [0.29, 0.717) is 0 Å². The van der Waals surface area contributed by atoms with Crippen molar-refractivity contribution in [3.63, 3.8) is 0 Å². The molecule has 11 aromatic carbocycles. The largest absolute Gasteiger partial charge is 0.309 e. The first kappa shape index (κ1) is 39.1. The first-order valence-corrected chi connectivity index (χ1v) is 23.9. The van der Waals surface area contributed by atoms with E-state index in [0.717, 1.165) is 33.8 Å². The average Bonchev–Trinajstić information content (AvgIpc) is 3.93. The van der Waals surface area contributed by atoms with Crippen molar-refractivity contribution in [1.82, 2.24) is 0 Å². The van der Waals surface area contributed by atoms with Crippen LogP contribution in [0.2, 0.25) is 0 Å².